The number of nitrogens with one attached hydrogen (secondary N) is 1. The van der Waals surface area contributed by atoms with Crippen LogP contribution in [0, 0.1) is 12.3 Å². The number of amides is 1. The number of thiol groups is 1. The lowest BCUT2D eigenvalue weighted by Crippen LogP contribution is -2.26. The first-order chi connectivity index (χ1) is 18.0. The van der Waals surface area contributed by atoms with Gasteiger partial charge in [-0.3, -0.25) is 9.59 Å². The second-order valence-electron chi connectivity index (χ2n) is 10.7. The quantitative estimate of drug-likeness (QED) is 0.225. The molecule has 0 unspecified atom stereocenters. The maximum absolute atomic E-state index is 12.9. The Morgan fingerprint density at radius 3 is 2.45 bits per heavy atom. The van der Waals surface area contributed by atoms with Crippen LogP contribution in [0.2, 0.25) is 0 Å². The maximum Gasteiger partial charge on any atom is 0.309 e. The number of aryl methyl sites for hydroxylation is 1. The van der Waals surface area contributed by atoms with Crippen LogP contribution in [0.4, 0.5) is 0 Å². The van der Waals surface area contributed by atoms with Crippen LogP contribution in [-0.4, -0.2) is 48.3 Å². The van der Waals surface area contributed by atoms with E-state index in [1.807, 2.05) is 37.3 Å². The van der Waals surface area contributed by atoms with Crippen LogP contribution in [0.15, 0.2) is 34.7 Å². The molecule has 4 rings (SSSR count). The summed E-state index contributed by atoms with van der Waals surface area (Å²) in [5, 5.41) is 12.6. The van der Waals surface area contributed by atoms with Gasteiger partial charge in [0.05, 0.1) is 28.6 Å². The molecule has 1 amide bonds. The molecule has 2 aromatic heterocycles. The molecule has 3 aromatic rings. The summed E-state index contributed by atoms with van der Waals surface area (Å²) in [6.45, 7) is 5.69. The molecule has 10 heteroatoms. The highest BCUT2D eigenvalue weighted by molar-refractivity contribution is 7.69. The number of aliphatic carboxylic acids is 1. The van der Waals surface area contributed by atoms with Gasteiger partial charge < -0.3 is 14.8 Å². The Morgan fingerprint density at radius 2 is 1.87 bits per heavy atom. The van der Waals surface area contributed by atoms with Crippen LogP contribution < -0.4 is 5.32 Å². The topological polar surface area (TPSA) is 130 Å². The first-order valence-corrected chi connectivity index (χ1v) is 14.0. The van der Waals surface area contributed by atoms with Gasteiger partial charge in [0.2, 0.25) is 16.6 Å². The minimum absolute atomic E-state index is 0.0959. The summed E-state index contributed by atoms with van der Waals surface area (Å²) in [4.78, 5) is 29.0. The SMILES string of the molecule is CNC(=O)c1c(-c2ccc(C)cc2)oc2nc(CN(CCCCC(C)(C)C(=O)O)[SH](=O)=O)c(C3CC3)cc12. The number of carbonyl (C=O) groups is 2. The number of aromatic nitrogens is 1. The molecule has 2 heterocycles. The third kappa shape index (κ3) is 6.07. The van der Waals surface area contributed by atoms with Gasteiger partial charge in [0, 0.05) is 19.2 Å². The van der Waals surface area contributed by atoms with Gasteiger partial charge in [-0.2, -0.15) is 4.31 Å². The molecular formula is C28H35N3O6S. The second-order valence-corrected chi connectivity index (χ2v) is 11.7. The summed E-state index contributed by atoms with van der Waals surface area (Å²) >= 11 is 0. The fourth-order valence-electron chi connectivity index (χ4n) is 4.57. The fourth-order valence-corrected chi connectivity index (χ4v) is 5.12. The standard InChI is InChI=1S/C28H35N3O6S/c1-17-7-9-19(10-8-17)24-23(25(32)29-4)21-15-20(18-11-12-18)22(30-26(21)37-24)16-31(38(35)36)14-6-5-13-28(2,3)27(33)34/h7-10,15,18,38H,5-6,11-14,16H2,1-4H3,(H,29,32)(H,33,34). The molecule has 9 nitrogen and oxygen atoms in total. The van der Waals surface area contributed by atoms with Crippen molar-refractivity contribution in [1.82, 2.24) is 14.6 Å². The van der Waals surface area contributed by atoms with E-state index in [2.05, 4.69) is 5.32 Å². The predicted octanol–water partition coefficient (Wildman–Crippen LogP) is 4.65. The molecule has 0 saturated heterocycles. The highest BCUT2D eigenvalue weighted by Gasteiger charge is 2.31. The van der Waals surface area contributed by atoms with Crippen LogP contribution >= 0.6 is 0 Å². The minimum atomic E-state index is -2.87. The van der Waals surface area contributed by atoms with Gasteiger partial charge in [-0.15, -0.1) is 0 Å². The third-order valence-corrected chi connectivity index (χ3v) is 7.99. The number of pyridine rings is 1. The molecule has 0 radical (unpaired) electrons. The Labute approximate surface area is 224 Å². The van der Waals surface area contributed by atoms with Crippen molar-refractivity contribution in [3.8, 4) is 11.3 Å². The molecular weight excluding hydrogens is 506 g/mol. The van der Waals surface area contributed by atoms with Crippen molar-refractivity contribution in [2.24, 2.45) is 5.41 Å². The number of hydrogen-bond donors (Lipinski definition) is 3. The lowest BCUT2D eigenvalue weighted by Gasteiger charge is -2.20. The number of nitrogens with zero attached hydrogens (tertiary/aromatic N) is 2. The monoisotopic (exact) mass is 541 g/mol. The summed E-state index contributed by atoms with van der Waals surface area (Å²) in [6.07, 6.45) is 3.55. The van der Waals surface area contributed by atoms with E-state index >= 15 is 0 Å². The van der Waals surface area contributed by atoms with Crippen molar-refractivity contribution >= 4 is 33.9 Å². The second kappa shape index (κ2) is 11.2. The summed E-state index contributed by atoms with van der Waals surface area (Å²) in [5.74, 6) is -0.446. The summed E-state index contributed by atoms with van der Waals surface area (Å²) in [5.41, 5.74) is 3.26. The average molecular weight is 542 g/mol. The van der Waals surface area contributed by atoms with E-state index in [0.717, 1.165) is 29.5 Å². The zero-order valence-electron chi connectivity index (χ0n) is 22.2. The van der Waals surface area contributed by atoms with Crippen molar-refractivity contribution in [2.75, 3.05) is 13.6 Å². The molecule has 1 fully saturated rings. The minimum Gasteiger partial charge on any atom is -0.481 e. The smallest absolute Gasteiger partial charge is 0.309 e. The number of fused-ring (bicyclic) bond motifs is 1. The van der Waals surface area contributed by atoms with Crippen molar-refractivity contribution < 1.29 is 27.5 Å². The summed E-state index contributed by atoms with van der Waals surface area (Å²) < 4.78 is 31.8. The Morgan fingerprint density at radius 1 is 1.18 bits per heavy atom. The third-order valence-electron chi connectivity index (χ3n) is 7.19. The van der Waals surface area contributed by atoms with Crippen LogP contribution in [0.3, 0.4) is 0 Å². The molecule has 38 heavy (non-hydrogen) atoms. The van der Waals surface area contributed by atoms with Gasteiger partial charge in [-0.25, -0.2) is 13.4 Å². The lowest BCUT2D eigenvalue weighted by atomic mass is 9.87. The van der Waals surface area contributed by atoms with Crippen molar-refractivity contribution in [3.63, 3.8) is 0 Å². The highest BCUT2D eigenvalue weighted by atomic mass is 32.2. The summed E-state index contributed by atoms with van der Waals surface area (Å²) in [6, 6.07) is 9.64. The van der Waals surface area contributed by atoms with E-state index in [0.29, 0.717) is 47.4 Å². The number of rotatable bonds is 12. The number of hydrogen-bond acceptors (Lipinski definition) is 6. The molecule has 1 aliphatic carbocycles. The van der Waals surface area contributed by atoms with Crippen molar-refractivity contribution in [1.29, 1.82) is 0 Å². The summed E-state index contributed by atoms with van der Waals surface area (Å²) in [7, 11) is -1.30. The Kier molecular flexibility index (Phi) is 8.22. The zero-order chi connectivity index (χ0) is 27.6. The van der Waals surface area contributed by atoms with Gasteiger partial charge in [0.15, 0.2) is 0 Å². The van der Waals surface area contributed by atoms with Crippen LogP contribution in [0.25, 0.3) is 22.4 Å². The fraction of sp³-hybridized carbons (Fsp3) is 0.464. The van der Waals surface area contributed by atoms with E-state index in [9.17, 15) is 23.1 Å². The Bertz CT molecular complexity index is 1410. The van der Waals surface area contributed by atoms with Crippen LogP contribution in [0.1, 0.15) is 79.0 Å². The molecule has 204 valence electrons. The van der Waals surface area contributed by atoms with Gasteiger partial charge >= 0.3 is 5.97 Å². The molecule has 0 spiro atoms. The zero-order valence-corrected chi connectivity index (χ0v) is 23.1. The molecule has 0 bridgehead atoms. The van der Waals surface area contributed by atoms with E-state index in [1.54, 1.807) is 20.9 Å². The van der Waals surface area contributed by atoms with Crippen molar-refractivity contribution in [2.45, 2.75) is 65.3 Å². The van der Waals surface area contributed by atoms with Gasteiger partial charge in [-0.05, 0) is 64.0 Å². The van der Waals surface area contributed by atoms with E-state index in [-0.39, 0.29) is 24.9 Å². The largest absolute Gasteiger partial charge is 0.481 e. The molecule has 1 aliphatic rings. The number of unbranched alkanes of at least 4 members (excludes halogenated alkanes) is 1. The van der Waals surface area contributed by atoms with Gasteiger partial charge in [0.1, 0.15) is 5.76 Å². The van der Waals surface area contributed by atoms with E-state index < -0.39 is 22.3 Å². The number of carbonyl (C=O) groups excluding carboxylic acids is 1. The van der Waals surface area contributed by atoms with Crippen molar-refractivity contribution in [3.05, 3.63) is 52.7 Å². The first-order valence-electron chi connectivity index (χ1n) is 12.9. The molecule has 0 atom stereocenters. The van der Waals surface area contributed by atoms with Crippen LogP contribution in [-0.2, 0) is 22.2 Å². The highest BCUT2D eigenvalue weighted by Crippen LogP contribution is 2.44. The Hall–Kier alpha value is -3.24. The van der Waals surface area contributed by atoms with Gasteiger partial charge in [0.25, 0.3) is 5.91 Å². The number of benzene rings is 1. The van der Waals surface area contributed by atoms with Gasteiger partial charge in [-0.1, -0.05) is 36.2 Å². The van der Waals surface area contributed by atoms with E-state index in [1.165, 1.54) is 4.31 Å². The maximum atomic E-state index is 12.9. The molecule has 0 aliphatic heterocycles. The predicted molar refractivity (Wildman–Crippen MR) is 146 cm³/mol. The number of carboxylic acids is 1. The number of furan rings is 1. The molecule has 1 aromatic carbocycles. The lowest BCUT2D eigenvalue weighted by molar-refractivity contribution is -0.147. The van der Waals surface area contributed by atoms with E-state index in [4.69, 9.17) is 9.40 Å². The first kappa shape index (κ1) is 27.8. The normalized spacial score (nSPS) is 13.9. The van der Waals surface area contributed by atoms with Crippen LogP contribution in [0.5, 0.6) is 0 Å². The molecule has 2 N–H and O–H groups in total. The Balaban J connectivity index is 1.66. The number of carboxylic acid groups (broad SMARTS) is 1. The molecule has 1 saturated carbocycles. The average Bonchev–Trinajstić information content (AvgIpc) is 3.65.